The van der Waals surface area contributed by atoms with Gasteiger partial charge >= 0.3 is 0 Å². The number of ketones is 1. The van der Waals surface area contributed by atoms with Crippen molar-refractivity contribution >= 4 is 40.0 Å². The van der Waals surface area contributed by atoms with Crippen LogP contribution in [0.1, 0.15) is 31.2 Å². The molecule has 8 heteroatoms. The second-order valence-electron chi connectivity index (χ2n) is 7.42. The first-order valence-corrected chi connectivity index (χ1v) is 11.9. The van der Waals surface area contributed by atoms with Gasteiger partial charge in [0.25, 0.3) is 0 Å². The maximum Gasteiger partial charge on any atom is 0.223 e. The van der Waals surface area contributed by atoms with Crippen LogP contribution in [0.2, 0.25) is 5.02 Å². The Kier molecular flexibility index (Phi) is 8.37. The van der Waals surface area contributed by atoms with Gasteiger partial charge in [0.15, 0.2) is 5.78 Å². The number of Topliss-reactive ketones (excluding diaryl/α,β-unsaturated/α-hetero) is 1. The van der Waals surface area contributed by atoms with E-state index >= 15 is 0 Å². The van der Waals surface area contributed by atoms with Crippen LogP contribution < -0.4 is 5.32 Å². The van der Waals surface area contributed by atoms with Crippen molar-refractivity contribution in [3.63, 3.8) is 0 Å². The third kappa shape index (κ3) is 6.74. The lowest BCUT2D eigenvalue weighted by Gasteiger charge is -2.23. The van der Waals surface area contributed by atoms with E-state index in [1.54, 1.807) is 36.4 Å². The lowest BCUT2D eigenvalue weighted by molar-refractivity contribution is -0.138. The number of halogens is 1. The fourth-order valence-electron chi connectivity index (χ4n) is 3.54. The van der Waals surface area contributed by atoms with Gasteiger partial charge in [0.1, 0.15) is 0 Å². The number of benzene rings is 2. The van der Waals surface area contributed by atoms with Gasteiger partial charge in [-0.25, -0.2) is 0 Å². The van der Waals surface area contributed by atoms with Gasteiger partial charge in [-0.2, -0.15) is 0 Å². The number of carbonyl (C=O) groups excluding carboxylic acids is 3. The average Bonchev–Trinajstić information content (AvgIpc) is 3.28. The summed E-state index contributed by atoms with van der Waals surface area (Å²) in [6, 6.07) is 15.4. The largest absolute Gasteiger partial charge is 0.352 e. The molecular formula is C23H25ClN2O4S. The van der Waals surface area contributed by atoms with Crippen LogP contribution >= 0.6 is 11.6 Å². The monoisotopic (exact) mass is 460 g/mol. The Balaban J connectivity index is 1.46. The van der Waals surface area contributed by atoms with Crippen LogP contribution in [0.15, 0.2) is 59.5 Å². The van der Waals surface area contributed by atoms with Crippen molar-refractivity contribution in [3.8, 4) is 0 Å². The summed E-state index contributed by atoms with van der Waals surface area (Å²) in [4.78, 5) is 39.6. The molecule has 1 saturated heterocycles. The van der Waals surface area contributed by atoms with E-state index in [2.05, 4.69) is 5.32 Å². The van der Waals surface area contributed by atoms with Crippen LogP contribution in [-0.4, -0.2) is 45.0 Å². The molecule has 1 N–H and O–H groups in total. The van der Waals surface area contributed by atoms with E-state index in [-0.39, 0.29) is 36.2 Å². The maximum atomic E-state index is 12.7. The molecule has 2 unspecified atom stereocenters. The second-order valence-corrected chi connectivity index (χ2v) is 9.31. The van der Waals surface area contributed by atoms with Crippen molar-refractivity contribution in [2.75, 3.05) is 12.3 Å². The number of amides is 2. The predicted molar refractivity (Wildman–Crippen MR) is 120 cm³/mol. The van der Waals surface area contributed by atoms with Gasteiger partial charge in [0.05, 0.1) is 22.6 Å². The highest BCUT2D eigenvalue weighted by molar-refractivity contribution is 7.85. The van der Waals surface area contributed by atoms with Gasteiger partial charge in [-0.1, -0.05) is 41.9 Å². The van der Waals surface area contributed by atoms with Crippen LogP contribution in [0.5, 0.6) is 0 Å². The summed E-state index contributed by atoms with van der Waals surface area (Å²) in [6.45, 7) is 0.847. The van der Waals surface area contributed by atoms with Crippen LogP contribution in [0.3, 0.4) is 0 Å². The fourth-order valence-corrected chi connectivity index (χ4v) is 4.74. The molecule has 1 aliphatic rings. The highest BCUT2D eigenvalue weighted by Gasteiger charge is 2.34. The zero-order valence-electron chi connectivity index (χ0n) is 17.1. The van der Waals surface area contributed by atoms with Gasteiger partial charge in [-0.3, -0.25) is 18.6 Å². The van der Waals surface area contributed by atoms with Crippen LogP contribution in [-0.2, 0) is 31.7 Å². The predicted octanol–water partition coefficient (Wildman–Crippen LogP) is 3.10. The molecule has 2 atom stereocenters. The molecule has 1 heterocycles. The van der Waals surface area contributed by atoms with Crippen molar-refractivity contribution in [3.05, 3.63) is 65.2 Å². The topological polar surface area (TPSA) is 83.6 Å². The Bertz CT molecular complexity index is 950. The number of rotatable bonds is 9. The zero-order valence-corrected chi connectivity index (χ0v) is 18.7. The maximum absolute atomic E-state index is 12.7. The molecule has 2 amide bonds. The standard InChI is InChI=1S/C23H25ClN2O4S/c24-18-10-8-17(9-11-18)15-25-22(28)12-13-23(29)26-14-4-7-20(26)21(27)16-31(30)19-5-2-1-3-6-19/h1-3,5-6,8-11,20H,4,7,12-16H2,(H,25,28). The summed E-state index contributed by atoms with van der Waals surface area (Å²) < 4.78 is 12.4. The first-order valence-electron chi connectivity index (χ1n) is 10.2. The van der Waals surface area contributed by atoms with E-state index in [0.29, 0.717) is 29.4 Å². The quantitative estimate of drug-likeness (QED) is 0.623. The molecule has 6 nitrogen and oxygen atoms in total. The van der Waals surface area contributed by atoms with E-state index in [9.17, 15) is 18.6 Å². The molecule has 0 bridgehead atoms. The number of likely N-dealkylation sites (tertiary alicyclic amines) is 1. The molecule has 164 valence electrons. The van der Waals surface area contributed by atoms with Crippen LogP contribution in [0, 0.1) is 0 Å². The molecule has 1 aliphatic heterocycles. The Morgan fingerprint density at radius 3 is 2.45 bits per heavy atom. The normalized spacial score (nSPS) is 16.7. The first-order chi connectivity index (χ1) is 14.9. The molecule has 31 heavy (non-hydrogen) atoms. The number of nitrogens with zero attached hydrogens (tertiary/aromatic N) is 1. The molecule has 0 saturated carbocycles. The molecule has 2 aromatic rings. The molecule has 2 aromatic carbocycles. The van der Waals surface area contributed by atoms with Gasteiger partial charge in [0.2, 0.25) is 11.8 Å². The van der Waals surface area contributed by atoms with Crippen molar-refractivity contribution in [2.24, 2.45) is 0 Å². The van der Waals surface area contributed by atoms with E-state index in [1.807, 2.05) is 18.2 Å². The van der Waals surface area contributed by atoms with Crippen molar-refractivity contribution in [2.45, 2.75) is 43.2 Å². The summed E-state index contributed by atoms with van der Waals surface area (Å²) in [5.74, 6) is -0.751. The highest BCUT2D eigenvalue weighted by Crippen LogP contribution is 2.21. The van der Waals surface area contributed by atoms with Crippen LogP contribution in [0.25, 0.3) is 0 Å². The Morgan fingerprint density at radius 2 is 1.74 bits per heavy atom. The Labute approximate surface area is 189 Å². The minimum absolute atomic E-state index is 0.0397. The molecule has 0 spiro atoms. The SMILES string of the molecule is O=C(CCC(=O)N1CCCC1C(=O)CS(=O)c1ccccc1)NCc1ccc(Cl)cc1. The summed E-state index contributed by atoms with van der Waals surface area (Å²) in [7, 11) is -1.43. The Morgan fingerprint density at radius 1 is 1.03 bits per heavy atom. The average molecular weight is 461 g/mol. The van der Waals surface area contributed by atoms with Gasteiger partial charge in [-0.15, -0.1) is 0 Å². The second kappa shape index (κ2) is 11.2. The molecule has 1 fully saturated rings. The van der Waals surface area contributed by atoms with E-state index < -0.39 is 16.8 Å². The number of hydrogen-bond donors (Lipinski definition) is 1. The summed E-state index contributed by atoms with van der Waals surface area (Å²) in [5.41, 5.74) is 0.917. The summed E-state index contributed by atoms with van der Waals surface area (Å²) >= 11 is 5.84. The minimum Gasteiger partial charge on any atom is -0.352 e. The Hall–Kier alpha value is -2.51. The third-order valence-corrected chi connectivity index (χ3v) is 6.79. The molecule has 3 rings (SSSR count). The van der Waals surface area contributed by atoms with Crippen LogP contribution in [0.4, 0.5) is 0 Å². The fraction of sp³-hybridized carbons (Fsp3) is 0.348. The molecule has 0 radical (unpaired) electrons. The molecule has 0 aromatic heterocycles. The highest BCUT2D eigenvalue weighted by atomic mass is 35.5. The van der Waals surface area contributed by atoms with Crippen molar-refractivity contribution in [1.29, 1.82) is 0 Å². The van der Waals surface area contributed by atoms with Crippen molar-refractivity contribution < 1.29 is 18.6 Å². The number of carbonyl (C=O) groups is 3. The smallest absolute Gasteiger partial charge is 0.223 e. The van der Waals surface area contributed by atoms with E-state index in [1.165, 1.54) is 4.90 Å². The lowest BCUT2D eigenvalue weighted by atomic mass is 10.1. The summed E-state index contributed by atoms with van der Waals surface area (Å²) in [6.07, 6.45) is 1.39. The summed E-state index contributed by atoms with van der Waals surface area (Å²) in [5, 5.41) is 3.41. The molecule has 0 aliphatic carbocycles. The minimum atomic E-state index is -1.43. The van der Waals surface area contributed by atoms with E-state index in [4.69, 9.17) is 11.6 Å². The number of hydrogen-bond acceptors (Lipinski definition) is 4. The first kappa shape index (κ1) is 23.2. The van der Waals surface area contributed by atoms with Gasteiger partial charge in [-0.05, 0) is 42.7 Å². The van der Waals surface area contributed by atoms with Gasteiger partial charge in [0, 0.05) is 35.8 Å². The van der Waals surface area contributed by atoms with Crippen molar-refractivity contribution in [1.82, 2.24) is 10.2 Å². The third-order valence-electron chi connectivity index (χ3n) is 5.19. The van der Waals surface area contributed by atoms with Gasteiger partial charge < -0.3 is 10.2 Å². The van der Waals surface area contributed by atoms with E-state index in [0.717, 1.165) is 12.0 Å². The molecular weight excluding hydrogens is 436 g/mol. The number of nitrogens with one attached hydrogen (secondary N) is 1. The zero-order chi connectivity index (χ0) is 22.2. The lowest BCUT2D eigenvalue weighted by Crippen LogP contribution is -2.42.